The molecule has 0 fully saturated rings. The van der Waals surface area contributed by atoms with Gasteiger partial charge in [-0.25, -0.2) is 4.39 Å². The molecule has 0 bridgehead atoms. The van der Waals surface area contributed by atoms with Crippen LogP contribution in [0.2, 0.25) is 0 Å². The fraction of sp³-hybridized carbons (Fsp3) is 0.188. The number of aliphatic hydroxyl groups excluding tert-OH is 1. The summed E-state index contributed by atoms with van der Waals surface area (Å²) < 4.78 is 13.7. The van der Waals surface area contributed by atoms with Crippen molar-refractivity contribution in [3.63, 3.8) is 0 Å². The normalized spacial score (nSPS) is 10.5. The van der Waals surface area contributed by atoms with Crippen LogP contribution in [-0.2, 0) is 11.3 Å². The summed E-state index contributed by atoms with van der Waals surface area (Å²) in [5.74, 6) is -0.668. The minimum atomic E-state index is -0.276. The second-order valence-electron chi connectivity index (χ2n) is 4.74. The van der Waals surface area contributed by atoms with Gasteiger partial charge in [0.05, 0.1) is 12.2 Å². The van der Waals surface area contributed by atoms with E-state index in [-0.39, 0.29) is 23.9 Å². The number of benzene rings is 2. The second kappa shape index (κ2) is 5.74. The van der Waals surface area contributed by atoms with Crippen molar-refractivity contribution >= 4 is 16.7 Å². The zero-order chi connectivity index (χ0) is 14.7. The number of rotatable bonds is 4. The van der Waals surface area contributed by atoms with Crippen LogP contribution in [0.4, 0.5) is 4.39 Å². The highest BCUT2D eigenvalue weighted by molar-refractivity contribution is 5.87. The highest BCUT2D eigenvalue weighted by Gasteiger charge is 2.13. The first kappa shape index (κ1) is 14.1. The van der Waals surface area contributed by atoms with E-state index in [2.05, 4.69) is 6.58 Å². The van der Waals surface area contributed by atoms with Crippen LogP contribution in [0.3, 0.4) is 0 Å². The topological polar surface area (TPSA) is 40.5 Å². The number of hydrogen-bond donors (Lipinski definition) is 1. The zero-order valence-corrected chi connectivity index (χ0v) is 11.3. The highest BCUT2D eigenvalue weighted by atomic mass is 19.1. The molecule has 3 nitrogen and oxygen atoms in total. The Labute approximate surface area is 116 Å². The largest absolute Gasteiger partial charge is 0.512 e. The molecule has 0 aliphatic rings. The third-order valence-corrected chi connectivity index (χ3v) is 3.15. The second-order valence-corrected chi connectivity index (χ2v) is 4.74. The molecule has 104 valence electrons. The lowest BCUT2D eigenvalue weighted by molar-refractivity contribution is -0.130. The summed E-state index contributed by atoms with van der Waals surface area (Å²) in [6, 6.07) is 10.2. The summed E-state index contributed by atoms with van der Waals surface area (Å²) in [7, 11) is 1.64. The highest BCUT2D eigenvalue weighted by Crippen LogP contribution is 2.23. The fourth-order valence-electron chi connectivity index (χ4n) is 2.12. The first-order valence-electron chi connectivity index (χ1n) is 6.26. The van der Waals surface area contributed by atoms with Gasteiger partial charge >= 0.3 is 0 Å². The molecule has 0 radical (unpaired) electrons. The van der Waals surface area contributed by atoms with Crippen LogP contribution in [0.1, 0.15) is 12.0 Å². The van der Waals surface area contributed by atoms with Crippen molar-refractivity contribution in [3.05, 3.63) is 60.1 Å². The summed E-state index contributed by atoms with van der Waals surface area (Å²) >= 11 is 0. The Kier molecular flexibility index (Phi) is 4.03. The quantitative estimate of drug-likeness (QED) is 0.867. The van der Waals surface area contributed by atoms with E-state index in [1.54, 1.807) is 25.2 Å². The van der Waals surface area contributed by atoms with Crippen molar-refractivity contribution in [3.8, 4) is 0 Å². The first-order valence-corrected chi connectivity index (χ1v) is 6.26. The Morgan fingerprint density at radius 1 is 1.25 bits per heavy atom. The van der Waals surface area contributed by atoms with Gasteiger partial charge in [-0.3, -0.25) is 4.79 Å². The van der Waals surface area contributed by atoms with E-state index in [0.717, 1.165) is 10.9 Å². The molecular weight excluding hydrogens is 257 g/mol. The van der Waals surface area contributed by atoms with Gasteiger partial charge < -0.3 is 10.0 Å². The minimum absolute atomic E-state index is 0.102. The molecule has 2 rings (SSSR count). The van der Waals surface area contributed by atoms with Gasteiger partial charge in [0.15, 0.2) is 0 Å². The number of carbonyl (C=O) groups excluding carboxylic acids is 1. The van der Waals surface area contributed by atoms with Crippen molar-refractivity contribution in [1.29, 1.82) is 0 Å². The molecule has 0 saturated carbocycles. The predicted molar refractivity (Wildman–Crippen MR) is 76.8 cm³/mol. The molecule has 0 atom stereocenters. The van der Waals surface area contributed by atoms with Gasteiger partial charge in [-0.1, -0.05) is 36.9 Å². The molecule has 1 N–H and O–H groups in total. The van der Waals surface area contributed by atoms with E-state index in [0.29, 0.717) is 11.9 Å². The van der Waals surface area contributed by atoms with Gasteiger partial charge in [-0.2, -0.15) is 0 Å². The maximum Gasteiger partial charge on any atom is 0.230 e. The Morgan fingerprint density at radius 2 is 1.90 bits per heavy atom. The molecule has 0 aromatic heterocycles. The van der Waals surface area contributed by atoms with Gasteiger partial charge in [0.1, 0.15) is 5.82 Å². The van der Waals surface area contributed by atoms with Gasteiger partial charge in [-0.05, 0) is 17.0 Å². The van der Waals surface area contributed by atoms with Gasteiger partial charge in [0.25, 0.3) is 0 Å². The standard InChI is InChI=1S/C16H16FNO2/c1-11(19)9-16(20)18(2)10-12-7-8-15(17)14-6-4-3-5-13(12)14/h3-8,19H,1,9-10H2,2H3. The lowest BCUT2D eigenvalue weighted by atomic mass is 10.0. The molecule has 2 aromatic carbocycles. The number of aliphatic hydroxyl groups is 1. The van der Waals surface area contributed by atoms with Crippen LogP contribution in [0.15, 0.2) is 48.7 Å². The summed E-state index contributed by atoms with van der Waals surface area (Å²) in [4.78, 5) is 13.3. The number of nitrogens with zero attached hydrogens (tertiary/aromatic N) is 1. The third kappa shape index (κ3) is 2.96. The van der Waals surface area contributed by atoms with Crippen molar-refractivity contribution in [2.45, 2.75) is 13.0 Å². The average molecular weight is 273 g/mol. The summed E-state index contributed by atoms with van der Waals surface area (Å²) in [5.41, 5.74) is 0.862. The summed E-state index contributed by atoms with van der Waals surface area (Å²) in [5, 5.41) is 10.4. The van der Waals surface area contributed by atoms with E-state index in [1.165, 1.54) is 11.0 Å². The zero-order valence-electron chi connectivity index (χ0n) is 11.3. The maximum atomic E-state index is 13.7. The van der Waals surface area contributed by atoms with Gasteiger partial charge in [0, 0.05) is 19.0 Å². The van der Waals surface area contributed by atoms with E-state index < -0.39 is 0 Å². The first-order chi connectivity index (χ1) is 9.49. The molecule has 0 saturated heterocycles. The van der Waals surface area contributed by atoms with Crippen molar-refractivity contribution in [1.82, 2.24) is 4.90 Å². The monoisotopic (exact) mass is 273 g/mol. The smallest absolute Gasteiger partial charge is 0.230 e. The summed E-state index contributed by atoms with van der Waals surface area (Å²) in [6.07, 6.45) is -0.102. The molecule has 1 amide bonds. The molecule has 20 heavy (non-hydrogen) atoms. The molecule has 0 aliphatic carbocycles. The molecule has 2 aromatic rings. The van der Waals surface area contributed by atoms with Crippen LogP contribution in [-0.4, -0.2) is 23.0 Å². The maximum absolute atomic E-state index is 13.7. The third-order valence-electron chi connectivity index (χ3n) is 3.15. The van der Waals surface area contributed by atoms with Crippen LogP contribution in [0.5, 0.6) is 0 Å². The Bertz CT molecular complexity index is 667. The molecule has 4 heteroatoms. The molecule has 0 spiro atoms. The minimum Gasteiger partial charge on any atom is -0.512 e. The number of amides is 1. The van der Waals surface area contributed by atoms with Crippen LogP contribution < -0.4 is 0 Å². The lowest BCUT2D eigenvalue weighted by Gasteiger charge is -2.18. The van der Waals surface area contributed by atoms with Crippen LogP contribution in [0.25, 0.3) is 10.8 Å². The van der Waals surface area contributed by atoms with E-state index >= 15 is 0 Å². The van der Waals surface area contributed by atoms with Gasteiger partial charge in [-0.15, -0.1) is 0 Å². The Morgan fingerprint density at radius 3 is 2.55 bits per heavy atom. The van der Waals surface area contributed by atoms with E-state index in [4.69, 9.17) is 5.11 Å². The Hall–Kier alpha value is -2.36. The summed E-state index contributed by atoms with van der Waals surface area (Å²) in [6.45, 7) is 3.66. The van der Waals surface area contributed by atoms with Crippen LogP contribution >= 0.6 is 0 Å². The van der Waals surface area contributed by atoms with Crippen molar-refractivity contribution in [2.75, 3.05) is 7.05 Å². The van der Waals surface area contributed by atoms with E-state index in [1.807, 2.05) is 12.1 Å². The lowest BCUT2D eigenvalue weighted by Crippen LogP contribution is -2.26. The fourth-order valence-corrected chi connectivity index (χ4v) is 2.12. The predicted octanol–water partition coefficient (Wildman–Crippen LogP) is 3.40. The molecule has 0 aliphatic heterocycles. The van der Waals surface area contributed by atoms with Crippen molar-refractivity contribution in [2.24, 2.45) is 0 Å². The number of hydrogen-bond acceptors (Lipinski definition) is 2. The average Bonchev–Trinajstić information content (AvgIpc) is 2.41. The number of halogens is 1. The van der Waals surface area contributed by atoms with Crippen molar-refractivity contribution < 1.29 is 14.3 Å². The number of carbonyl (C=O) groups is 1. The van der Waals surface area contributed by atoms with Crippen LogP contribution in [0, 0.1) is 5.82 Å². The molecular formula is C16H16FNO2. The molecule has 0 heterocycles. The van der Waals surface area contributed by atoms with E-state index in [9.17, 15) is 9.18 Å². The van der Waals surface area contributed by atoms with Gasteiger partial charge in [0.2, 0.25) is 5.91 Å². The Balaban J connectivity index is 2.28. The number of fused-ring (bicyclic) bond motifs is 1. The molecule has 0 unspecified atom stereocenters. The SMILES string of the molecule is C=C(O)CC(=O)N(C)Cc1ccc(F)c2ccccc12.